The molecule has 1 atom stereocenters. The number of hydrogen-bond acceptors (Lipinski definition) is 3. The minimum absolute atomic E-state index is 0.311. The third kappa shape index (κ3) is 3.08. The summed E-state index contributed by atoms with van der Waals surface area (Å²) in [6, 6.07) is 4.35. The quantitative estimate of drug-likeness (QED) is 0.909. The fourth-order valence-corrected chi connectivity index (χ4v) is 2.63. The van der Waals surface area contributed by atoms with Gasteiger partial charge in [-0.2, -0.15) is 5.10 Å². The molecule has 1 aromatic heterocycles. The molecular formula is C14H17BrFN3O. The Hall–Kier alpha value is -1.24. The van der Waals surface area contributed by atoms with E-state index in [2.05, 4.69) is 21.0 Å². The molecule has 0 spiro atoms. The molecule has 20 heavy (non-hydrogen) atoms. The van der Waals surface area contributed by atoms with E-state index in [0.717, 1.165) is 15.7 Å². The third-order valence-corrected chi connectivity index (χ3v) is 3.73. The molecule has 0 bridgehead atoms. The Morgan fingerprint density at radius 2 is 2.25 bits per heavy atom. The third-order valence-electron chi connectivity index (χ3n) is 3.12. The average Bonchev–Trinajstić information content (AvgIpc) is 2.79. The van der Waals surface area contributed by atoms with Crippen molar-refractivity contribution in [3.63, 3.8) is 0 Å². The van der Waals surface area contributed by atoms with Crippen molar-refractivity contribution in [3.8, 4) is 0 Å². The van der Waals surface area contributed by atoms with Gasteiger partial charge in [-0.25, -0.2) is 4.39 Å². The number of nitrogens with two attached hydrogens (primary N) is 1. The molecule has 4 nitrogen and oxygen atoms in total. The number of aromatic nitrogens is 2. The highest BCUT2D eigenvalue weighted by molar-refractivity contribution is 9.10. The van der Waals surface area contributed by atoms with Crippen LogP contribution in [-0.4, -0.2) is 23.5 Å². The zero-order valence-corrected chi connectivity index (χ0v) is 13.0. The van der Waals surface area contributed by atoms with Crippen molar-refractivity contribution in [1.29, 1.82) is 0 Å². The van der Waals surface area contributed by atoms with Gasteiger partial charge in [0.1, 0.15) is 5.82 Å². The van der Waals surface area contributed by atoms with Crippen LogP contribution in [0, 0.1) is 12.7 Å². The van der Waals surface area contributed by atoms with Crippen LogP contribution in [0.25, 0.3) is 0 Å². The smallest absolute Gasteiger partial charge is 0.128 e. The monoisotopic (exact) mass is 341 g/mol. The van der Waals surface area contributed by atoms with E-state index in [1.807, 2.05) is 6.92 Å². The number of benzene rings is 1. The molecule has 1 unspecified atom stereocenters. The standard InChI is InChI=1S/C14H17BrFN3O/c1-9-3-4-12(16)10(7-9)13(17)14-11(15)8-18-19(14)5-6-20-2/h3-4,7-8,13H,5-6,17H2,1-2H3. The van der Waals surface area contributed by atoms with Crippen molar-refractivity contribution in [2.75, 3.05) is 13.7 Å². The van der Waals surface area contributed by atoms with Gasteiger partial charge in [0, 0.05) is 12.7 Å². The van der Waals surface area contributed by atoms with Gasteiger partial charge in [0.2, 0.25) is 0 Å². The van der Waals surface area contributed by atoms with E-state index in [4.69, 9.17) is 10.5 Å². The Balaban J connectivity index is 2.39. The molecule has 0 amide bonds. The lowest BCUT2D eigenvalue weighted by Crippen LogP contribution is -2.20. The number of nitrogens with zero attached hydrogens (tertiary/aromatic N) is 2. The molecule has 108 valence electrons. The number of rotatable bonds is 5. The van der Waals surface area contributed by atoms with Crippen molar-refractivity contribution in [3.05, 3.63) is 51.5 Å². The summed E-state index contributed by atoms with van der Waals surface area (Å²) in [6.07, 6.45) is 1.67. The highest BCUT2D eigenvalue weighted by Gasteiger charge is 2.21. The second-order valence-electron chi connectivity index (χ2n) is 4.60. The van der Waals surface area contributed by atoms with Crippen LogP contribution in [0.1, 0.15) is 22.9 Å². The van der Waals surface area contributed by atoms with E-state index in [0.29, 0.717) is 18.7 Å². The van der Waals surface area contributed by atoms with Gasteiger partial charge >= 0.3 is 0 Å². The van der Waals surface area contributed by atoms with E-state index in [1.165, 1.54) is 6.07 Å². The van der Waals surface area contributed by atoms with Crippen molar-refractivity contribution < 1.29 is 9.13 Å². The molecule has 0 radical (unpaired) electrons. The second kappa shape index (κ2) is 6.47. The fraction of sp³-hybridized carbons (Fsp3) is 0.357. The van der Waals surface area contributed by atoms with Crippen molar-refractivity contribution in [1.82, 2.24) is 9.78 Å². The van der Waals surface area contributed by atoms with E-state index < -0.39 is 6.04 Å². The van der Waals surface area contributed by atoms with E-state index in [9.17, 15) is 4.39 Å². The lowest BCUT2D eigenvalue weighted by Gasteiger charge is -2.16. The van der Waals surface area contributed by atoms with Gasteiger partial charge in [-0.05, 0) is 28.9 Å². The van der Waals surface area contributed by atoms with E-state index in [1.54, 1.807) is 30.1 Å². The predicted molar refractivity (Wildman–Crippen MR) is 79.0 cm³/mol. The Kier molecular flexibility index (Phi) is 4.91. The van der Waals surface area contributed by atoms with Crippen LogP contribution < -0.4 is 5.73 Å². The Labute approximate surface area is 125 Å². The largest absolute Gasteiger partial charge is 0.383 e. The van der Waals surface area contributed by atoms with Crippen LogP contribution in [0.3, 0.4) is 0 Å². The molecule has 0 aliphatic heterocycles. The lowest BCUT2D eigenvalue weighted by molar-refractivity contribution is 0.182. The van der Waals surface area contributed by atoms with Crippen LogP contribution in [0.15, 0.2) is 28.9 Å². The Bertz CT molecular complexity index is 600. The normalized spacial score (nSPS) is 12.7. The average molecular weight is 342 g/mol. The minimum Gasteiger partial charge on any atom is -0.383 e. The molecule has 0 aliphatic rings. The Morgan fingerprint density at radius 3 is 2.95 bits per heavy atom. The molecule has 0 aliphatic carbocycles. The van der Waals surface area contributed by atoms with Crippen molar-refractivity contribution in [2.45, 2.75) is 19.5 Å². The van der Waals surface area contributed by atoms with Crippen molar-refractivity contribution >= 4 is 15.9 Å². The molecule has 2 N–H and O–H groups in total. The summed E-state index contributed by atoms with van der Waals surface area (Å²) in [5.41, 5.74) is 8.41. The summed E-state index contributed by atoms with van der Waals surface area (Å²) in [4.78, 5) is 0. The van der Waals surface area contributed by atoms with Gasteiger partial charge in [0.05, 0.1) is 35.6 Å². The number of methoxy groups -OCH3 is 1. The lowest BCUT2D eigenvalue weighted by atomic mass is 10.0. The molecule has 0 fully saturated rings. The summed E-state index contributed by atoms with van der Waals surface area (Å²) in [7, 11) is 1.62. The van der Waals surface area contributed by atoms with Crippen LogP contribution in [0.5, 0.6) is 0 Å². The maximum absolute atomic E-state index is 14.0. The summed E-state index contributed by atoms with van der Waals surface area (Å²) < 4.78 is 21.5. The first-order valence-corrected chi connectivity index (χ1v) is 7.05. The number of aryl methyl sites for hydroxylation is 1. The van der Waals surface area contributed by atoms with E-state index in [-0.39, 0.29) is 5.82 Å². The molecule has 1 aromatic carbocycles. The van der Waals surface area contributed by atoms with Crippen LogP contribution in [-0.2, 0) is 11.3 Å². The predicted octanol–water partition coefficient (Wildman–Crippen LogP) is 2.79. The molecule has 6 heteroatoms. The Morgan fingerprint density at radius 1 is 1.50 bits per heavy atom. The maximum Gasteiger partial charge on any atom is 0.128 e. The van der Waals surface area contributed by atoms with Crippen LogP contribution in [0.4, 0.5) is 4.39 Å². The van der Waals surface area contributed by atoms with Gasteiger partial charge in [-0.15, -0.1) is 0 Å². The summed E-state index contributed by atoms with van der Waals surface area (Å²) in [5, 5.41) is 4.24. The highest BCUT2D eigenvalue weighted by Crippen LogP contribution is 2.28. The summed E-state index contributed by atoms with van der Waals surface area (Å²) >= 11 is 3.42. The number of ether oxygens (including phenoxy) is 1. The first-order valence-electron chi connectivity index (χ1n) is 6.26. The number of hydrogen-bond donors (Lipinski definition) is 1. The van der Waals surface area contributed by atoms with Gasteiger partial charge in [-0.1, -0.05) is 17.7 Å². The van der Waals surface area contributed by atoms with Crippen LogP contribution in [0.2, 0.25) is 0 Å². The second-order valence-corrected chi connectivity index (χ2v) is 5.45. The van der Waals surface area contributed by atoms with Crippen LogP contribution >= 0.6 is 15.9 Å². The summed E-state index contributed by atoms with van der Waals surface area (Å²) in [5.74, 6) is -0.311. The van der Waals surface area contributed by atoms with E-state index >= 15 is 0 Å². The molecule has 0 saturated heterocycles. The van der Waals surface area contributed by atoms with Gasteiger partial charge in [-0.3, -0.25) is 4.68 Å². The molecule has 0 saturated carbocycles. The maximum atomic E-state index is 14.0. The molecule has 2 aromatic rings. The fourth-order valence-electron chi connectivity index (χ4n) is 2.09. The van der Waals surface area contributed by atoms with Crippen molar-refractivity contribution in [2.24, 2.45) is 5.73 Å². The zero-order valence-electron chi connectivity index (χ0n) is 11.4. The zero-order chi connectivity index (χ0) is 14.7. The topological polar surface area (TPSA) is 53.1 Å². The first-order chi connectivity index (χ1) is 9.54. The van der Waals surface area contributed by atoms with Gasteiger partial charge in [0.15, 0.2) is 0 Å². The van der Waals surface area contributed by atoms with Gasteiger partial charge in [0.25, 0.3) is 0 Å². The molecular weight excluding hydrogens is 325 g/mol. The first kappa shape index (κ1) is 15.2. The summed E-state index contributed by atoms with van der Waals surface area (Å²) in [6.45, 7) is 3.00. The minimum atomic E-state index is -0.580. The number of halogens is 2. The molecule has 2 rings (SSSR count). The molecule has 1 heterocycles. The highest BCUT2D eigenvalue weighted by atomic mass is 79.9. The SMILES string of the molecule is COCCn1ncc(Br)c1C(N)c1cc(C)ccc1F. The van der Waals surface area contributed by atoms with Gasteiger partial charge < -0.3 is 10.5 Å².